The third-order valence-electron chi connectivity index (χ3n) is 2.91. The van der Waals surface area contributed by atoms with E-state index in [-0.39, 0.29) is 11.5 Å². The summed E-state index contributed by atoms with van der Waals surface area (Å²) in [6.07, 6.45) is 4.81. The van der Waals surface area contributed by atoms with E-state index in [1.807, 2.05) is 0 Å². The average Bonchev–Trinajstić information content (AvgIpc) is 2.90. The molecule has 3 rings (SSSR count). The number of aromatic nitrogens is 4. The standard InChI is InChI=1S/C14H11N5O2S/c20-11-2-1-9(7-12(11)21)8-16-19-13(17-18-14(19)22)10-3-5-15-6-4-10/h1-8,20-21H,(H,18,22)/b16-8+. The Morgan fingerprint density at radius 3 is 2.64 bits per heavy atom. The Hall–Kier alpha value is -3.00. The quantitative estimate of drug-likeness (QED) is 0.391. The van der Waals surface area contributed by atoms with Crippen molar-refractivity contribution in [3.8, 4) is 22.9 Å². The van der Waals surface area contributed by atoms with Crippen molar-refractivity contribution < 1.29 is 10.2 Å². The van der Waals surface area contributed by atoms with Gasteiger partial charge in [-0.05, 0) is 48.1 Å². The summed E-state index contributed by atoms with van der Waals surface area (Å²) in [6, 6.07) is 7.99. The van der Waals surface area contributed by atoms with Gasteiger partial charge in [0.25, 0.3) is 0 Å². The fraction of sp³-hybridized carbons (Fsp3) is 0. The minimum Gasteiger partial charge on any atom is -0.504 e. The summed E-state index contributed by atoms with van der Waals surface area (Å²) < 4.78 is 1.81. The number of aromatic hydroxyl groups is 2. The molecule has 0 aliphatic rings. The predicted octanol–water partition coefficient (Wildman–Crippen LogP) is 2.30. The minimum atomic E-state index is -0.214. The molecule has 7 nitrogen and oxygen atoms in total. The maximum absolute atomic E-state index is 9.48. The summed E-state index contributed by atoms with van der Waals surface area (Å²) >= 11 is 5.16. The number of nitrogens with zero attached hydrogens (tertiary/aromatic N) is 4. The first-order chi connectivity index (χ1) is 10.6. The molecule has 0 saturated heterocycles. The van der Waals surface area contributed by atoms with E-state index in [2.05, 4.69) is 20.3 Å². The number of benzene rings is 1. The number of phenolic OH excluding ortho intramolecular Hbond substituents is 2. The highest BCUT2D eigenvalue weighted by Crippen LogP contribution is 2.24. The molecule has 3 aromatic rings. The zero-order valence-electron chi connectivity index (χ0n) is 11.2. The summed E-state index contributed by atoms with van der Waals surface area (Å²) in [6.45, 7) is 0. The molecule has 2 aromatic heterocycles. The minimum absolute atomic E-state index is 0.186. The molecule has 110 valence electrons. The zero-order chi connectivity index (χ0) is 15.5. The molecular formula is C14H11N5O2S. The van der Waals surface area contributed by atoms with Crippen LogP contribution in [0.3, 0.4) is 0 Å². The van der Waals surface area contributed by atoms with Gasteiger partial charge in [0, 0.05) is 18.0 Å². The average molecular weight is 313 g/mol. The number of hydrogen-bond donors (Lipinski definition) is 3. The van der Waals surface area contributed by atoms with Crippen LogP contribution >= 0.6 is 12.2 Å². The molecule has 0 atom stereocenters. The van der Waals surface area contributed by atoms with Crippen LogP contribution in [0.1, 0.15) is 5.56 Å². The molecule has 1 aromatic carbocycles. The van der Waals surface area contributed by atoms with Crippen molar-refractivity contribution in [3.05, 3.63) is 53.1 Å². The highest BCUT2D eigenvalue weighted by Gasteiger charge is 2.07. The first kappa shape index (κ1) is 14.0. The molecule has 0 fully saturated rings. The first-order valence-corrected chi connectivity index (χ1v) is 6.70. The molecule has 0 amide bonds. The smallest absolute Gasteiger partial charge is 0.216 e. The number of hydrogen-bond acceptors (Lipinski definition) is 6. The van der Waals surface area contributed by atoms with Gasteiger partial charge in [0.15, 0.2) is 17.3 Å². The van der Waals surface area contributed by atoms with Gasteiger partial charge in [0.2, 0.25) is 4.77 Å². The molecular weight excluding hydrogens is 302 g/mol. The zero-order valence-corrected chi connectivity index (χ0v) is 12.0. The van der Waals surface area contributed by atoms with Gasteiger partial charge in [0.05, 0.1) is 6.21 Å². The van der Waals surface area contributed by atoms with E-state index in [4.69, 9.17) is 12.2 Å². The lowest BCUT2D eigenvalue weighted by Crippen LogP contribution is -1.95. The fourth-order valence-corrected chi connectivity index (χ4v) is 2.01. The van der Waals surface area contributed by atoms with Gasteiger partial charge in [-0.2, -0.15) is 14.9 Å². The molecule has 22 heavy (non-hydrogen) atoms. The summed E-state index contributed by atoms with van der Waals surface area (Å²) in [7, 11) is 0. The van der Waals surface area contributed by atoms with Crippen molar-refractivity contribution in [2.75, 3.05) is 0 Å². The van der Waals surface area contributed by atoms with Crippen molar-refractivity contribution in [1.29, 1.82) is 0 Å². The van der Waals surface area contributed by atoms with E-state index in [0.29, 0.717) is 16.2 Å². The fourth-order valence-electron chi connectivity index (χ4n) is 1.83. The lowest BCUT2D eigenvalue weighted by Gasteiger charge is -2.01. The molecule has 0 bridgehead atoms. The summed E-state index contributed by atoms with van der Waals surface area (Å²) in [5.74, 6) is 0.148. The number of rotatable bonds is 3. The predicted molar refractivity (Wildman–Crippen MR) is 83.4 cm³/mol. The van der Waals surface area contributed by atoms with Gasteiger partial charge in [-0.1, -0.05) is 0 Å². The lowest BCUT2D eigenvalue weighted by atomic mass is 10.2. The van der Waals surface area contributed by atoms with E-state index in [1.54, 1.807) is 30.6 Å². The van der Waals surface area contributed by atoms with Crippen LogP contribution in [0.5, 0.6) is 11.5 Å². The largest absolute Gasteiger partial charge is 0.504 e. The van der Waals surface area contributed by atoms with Gasteiger partial charge in [-0.25, -0.2) is 5.10 Å². The number of pyridine rings is 1. The number of phenols is 2. The van der Waals surface area contributed by atoms with Crippen LogP contribution in [0.4, 0.5) is 0 Å². The van der Waals surface area contributed by atoms with Crippen LogP contribution in [0.25, 0.3) is 11.4 Å². The van der Waals surface area contributed by atoms with E-state index in [9.17, 15) is 10.2 Å². The van der Waals surface area contributed by atoms with Crippen LogP contribution in [0.2, 0.25) is 0 Å². The topological polar surface area (TPSA) is 99.3 Å². The van der Waals surface area contributed by atoms with Gasteiger partial charge >= 0.3 is 0 Å². The third kappa shape index (κ3) is 2.72. The Kier molecular flexibility index (Phi) is 3.67. The monoisotopic (exact) mass is 313 g/mol. The molecule has 0 saturated carbocycles. The molecule has 0 aliphatic heterocycles. The Bertz CT molecular complexity index is 886. The maximum atomic E-state index is 9.48. The van der Waals surface area contributed by atoms with Gasteiger partial charge < -0.3 is 10.2 Å². The second kappa shape index (κ2) is 5.78. The highest BCUT2D eigenvalue weighted by atomic mass is 32.1. The van der Waals surface area contributed by atoms with Gasteiger partial charge in [-0.15, -0.1) is 0 Å². The maximum Gasteiger partial charge on any atom is 0.216 e. The molecule has 0 aliphatic carbocycles. The van der Waals surface area contributed by atoms with Crippen LogP contribution in [0.15, 0.2) is 47.8 Å². The highest BCUT2D eigenvalue weighted by molar-refractivity contribution is 7.71. The number of nitrogens with one attached hydrogen (secondary N) is 1. The van der Waals surface area contributed by atoms with E-state index < -0.39 is 0 Å². The third-order valence-corrected chi connectivity index (χ3v) is 3.17. The van der Waals surface area contributed by atoms with E-state index in [0.717, 1.165) is 5.56 Å². The molecule has 2 heterocycles. The molecule has 0 spiro atoms. The summed E-state index contributed by atoms with van der Waals surface area (Å²) in [5, 5.41) is 29.9. The second-order valence-corrected chi connectivity index (χ2v) is 4.78. The lowest BCUT2D eigenvalue weighted by molar-refractivity contribution is 0.403. The SMILES string of the molecule is Oc1ccc(/C=N/n2c(-c3ccncc3)n[nH]c2=S)cc1O. The van der Waals surface area contributed by atoms with Crippen LogP contribution < -0.4 is 0 Å². The Morgan fingerprint density at radius 1 is 1.14 bits per heavy atom. The first-order valence-electron chi connectivity index (χ1n) is 6.29. The molecule has 0 unspecified atom stereocenters. The van der Waals surface area contributed by atoms with E-state index in [1.165, 1.54) is 23.0 Å². The number of H-pyrrole nitrogens is 1. The van der Waals surface area contributed by atoms with Gasteiger partial charge in [-0.3, -0.25) is 4.98 Å². The second-order valence-electron chi connectivity index (χ2n) is 4.39. The van der Waals surface area contributed by atoms with Crippen molar-refractivity contribution in [2.24, 2.45) is 5.10 Å². The normalized spacial score (nSPS) is 11.1. The van der Waals surface area contributed by atoms with Crippen molar-refractivity contribution >= 4 is 18.4 Å². The Morgan fingerprint density at radius 2 is 1.91 bits per heavy atom. The van der Waals surface area contributed by atoms with Crippen LogP contribution in [-0.4, -0.2) is 36.3 Å². The summed E-state index contributed by atoms with van der Waals surface area (Å²) in [4.78, 5) is 3.96. The van der Waals surface area contributed by atoms with Crippen molar-refractivity contribution in [3.63, 3.8) is 0 Å². The van der Waals surface area contributed by atoms with E-state index >= 15 is 0 Å². The molecule has 0 radical (unpaired) electrons. The van der Waals surface area contributed by atoms with Crippen molar-refractivity contribution in [2.45, 2.75) is 0 Å². The van der Waals surface area contributed by atoms with Crippen molar-refractivity contribution in [1.82, 2.24) is 19.9 Å². The molecule has 8 heteroatoms. The van der Waals surface area contributed by atoms with Crippen LogP contribution in [0, 0.1) is 4.77 Å². The molecule has 3 N–H and O–H groups in total. The Labute approximate surface area is 130 Å². The summed E-state index contributed by atoms with van der Waals surface area (Å²) in [5.41, 5.74) is 1.42. The Balaban J connectivity index is 1.99. The number of aromatic amines is 1. The van der Waals surface area contributed by atoms with Gasteiger partial charge in [0.1, 0.15) is 0 Å². The van der Waals surface area contributed by atoms with Crippen LogP contribution in [-0.2, 0) is 0 Å².